The first kappa shape index (κ1) is 9.95. The molecule has 0 aromatic carbocycles. The molecular formula is C7H14N2OS2. The normalized spacial score (nSPS) is 39.9. The number of nitrogens with zero attached hydrogens (tertiary/aromatic N) is 1. The van der Waals surface area contributed by atoms with Crippen LogP contribution in [0.3, 0.4) is 0 Å². The van der Waals surface area contributed by atoms with Gasteiger partial charge in [0.25, 0.3) is 0 Å². The predicted molar refractivity (Wildman–Crippen MR) is 57.1 cm³/mol. The van der Waals surface area contributed by atoms with E-state index >= 15 is 0 Å². The molecule has 1 saturated heterocycles. The molecule has 0 spiro atoms. The summed E-state index contributed by atoms with van der Waals surface area (Å²) in [5.74, 6) is 0.0347. The zero-order valence-electron chi connectivity index (χ0n) is 7.75. The van der Waals surface area contributed by atoms with Crippen molar-refractivity contribution >= 4 is 32.7 Å². The summed E-state index contributed by atoms with van der Waals surface area (Å²) < 4.78 is 0.108. The lowest BCUT2D eigenvalue weighted by molar-refractivity contribution is -0.127. The van der Waals surface area contributed by atoms with Crippen LogP contribution in [0.1, 0.15) is 13.8 Å². The summed E-state index contributed by atoms with van der Waals surface area (Å²) in [6, 6.07) is 0. The molecule has 1 aliphatic heterocycles. The number of amides is 1. The van der Waals surface area contributed by atoms with E-state index in [0.29, 0.717) is 4.32 Å². The average molecular weight is 206 g/mol. The molecule has 70 valence electrons. The van der Waals surface area contributed by atoms with Gasteiger partial charge in [-0.05, 0) is 20.1 Å². The van der Waals surface area contributed by atoms with Crippen LogP contribution >= 0.6 is 22.4 Å². The molecule has 0 saturated carbocycles. The van der Waals surface area contributed by atoms with Crippen molar-refractivity contribution in [1.29, 1.82) is 0 Å². The van der Waals surface area contributed by atoms with Crippen molar-refractivity contribution in [3.8, 4) is 0 Å². The Bertz CT molecular complexity index is 234. The summed E-state index contributed by atoms with van der Waals surface area (Å²) in [4.78, 5) is 13.1. The maximum absolute atomic E-state index is 11.6. The van der Waals surface area contributed by atoms with E-state index in [-0.39, 0.29) is 5.91 Å². The Hall–Kier alpha value is -0.130. The van der Waals surface area contributed by atoms with Crippen LogP contribution in [0.4, 0.5) is 0 Å². The fraction of sp³-hybridized carbons (Fsp3) is 0.714. The number of hydrogen-bond acceptors (Lipinski definition) is 3. The van der Waals surface area contributed by atoms with Gasteiger partial charge in [0.2, 0.25) is 5.91 Å². The van der Waals surface area contributed by atoms with E-state index < -0.39 is 15.0 Å². The Kier molecular flexibility index (Phi) is 2.02. The molecule has 12 heavy (non-hydrogen) atoms. The molecule has 0 aliphatic carbocycles. The van der Waals surface area contributed by atoms with Gasteiger partial charge >= 0.3 is 0 Å². The van der Waals surface area contributed by atoms with Crippen LogP contribution in [0.5, 0.6) is 0 Å². The maximum atomic E-state index is 11.6. The zero-order valence-corrected chi connectivity index (χ0v) is 9.38. The second-order valence-corrected chi connectivity index (χ2v) is 7.64. The fourth-order valence-electron chi connectivity index (χ4n) is 1.17. The quantitative estimate of drug-likeness (QED) is 0.597. The Morgan fingerprint density at radius 1 is 1.58 bits per heavy atom. The van der Waals surface area contributed by atoms with Gasteiger partial charge in [0.1, 0.15) is 4.32 Å². The lowest BCUT2D eigenvalue weighted by Crippen LogP contribution is -2.37. The van der Waals surface area contributed by atoms with E-state index in [1.807, 2.05) is 20.1 Å². The molecule has 0 bridgehead atoms. The van der Waals surface area contributed by atoms with Crippen molar-refractivity contribution in [2.45, 2.75) is 18.6 Å². The average Bonchev–Trinajstić information content (AvgIpc) is 2.05. The molecule has 0 aromatic rings. The van der Waals surface area contributed by atoms with Crippen molar-refractivity contribution in [3.05, 3.63) is 0 Å². The van der Waals surface area contributed by atoms with Crippen LogP contribution < -0.4 is 5.14 Å². The Morgan fingerprint density at radius 2 is 2.00 bits per heavy atom. The molecule has 1 fully saturated rings. The van der Waals surface area contributed by atoms with E-state index in [1.165, 1.54) is 4.90 Å². The highest BCUT2D eigenvalue weighted by molar-refractivity contribution is 8.49. The molecule has 3 nitrogen and oxygen atoms in total. The van der Waals surface area contributed by atoms with E-state index in [4.69, 9.17) is 17.4 Å². The van der Waals surface area contributed by atoms with Crippen LogP contribution in [-0.2, 0) is 4.79 Å². The first-order valence-corrected chi connectivity index (χ1v) is 6.12. The summed E-state index contributed by atoms with van der Waals surface area (Å²) in [6.45, 7) is 3.72. The van der Waals surface area contributed by atoms with E-state index in [2.05, 4.69) is 0 Å². The second kappa shape index (κ2) is 2.43. The lowest BCUT2D eigenvalue weighted by atomic mass is 10.2. The Morgan fingerprint density at radius 3 is 2.08 bits per heavy atom. The number of carbonyl (C=O) groups excluding carboxylic acids is 1. The minimum Gasteiger partial charge on any atom is -0.300 e. The topological polar surface area (TPSA) is 46.3 Å². The summed E-state index contributed by atoms with van der Waals surface area (Å²) in [5.41, 5.74) is 0. The predicted octanol–water partition coefficient (Wildman–Crippen LogP) is 0.830. The number of carbonyl (C=O) groups is 1. The molecule has 1 unspecified atom stereocenters. The van der Waals surface area contributed by atoms with Crippen LogP contribution in [0, 0.1) is 0 Å². The van der Waals surface area contributed by atoms with Crippen LogP contribution in [0.25, 0.3) is 0 Å². The Labute approximate surface area is 79.7 Å². The summed E-state index contributed by atoms with van der Waals surface area (Å²) >= 11 is 5.12. The van der Waals surface area contributed by atoms with Gasteiger partial charge in [-0.2, -0.15) is 0 Å². The minimum absolute atomic E-state index is 0.0347. The number of nitrogens with two attached hydrogens (primary N) is 1. The van der Waals surface area contributed by atoms with Gasteiger partial charge in [-0.3, -0.25) is 14.8 Å². The minimum atomic E-state index is -1.59. The molecule has 5 heteroatoms. The van der Waals surface area contributed by atoms with Crippen molar-refractivity contribution in [1.82, 2.24) is 4.90 Å². The molecule has 0 radical (unpaired) electrons. The van der Waals surface area contributed by atoms with Gasteiger partial charge in [-0.25, -0.2) is 0 Å². The van der Waals surface area contributed by atoms with Crippen molar-refractivity contribution in [3.63, 3.8) is 0 Å². The molecular weight excluding hydrogens is 192 g/mol. The molecule has 2 N–H and O–H groups in total. The van der Waals surface area contributed by atoms with Gasteiger partial charge in [0.15, 0.2) is 0 Å². The highest BCUT2D eigenvalue weighted by atomic mass is 32.3. The maximum Gasteiger partial charge on any atom is 0.243 e. The summed E-state index contributed by atoms with van der Waals surface area (Å²) in [6.07, 6.45) is 1.89. The number of hydrogen-bond donors (Lipinski definition) is 1. The third-order valence-corrected chi connectivity index (χ3v) is 7.12. The zero-order chi connectivity index (χ0) is 9.73. The second-order valence-electron chi connectivity index (χ2n) is 3.62. The standard InChI is InChI=1S/C7H14N2OS2/c1-7(2)5(10)9(3)6(11)12(7,4)8/h8H2,1-4H3. The molecule has 1 aliphatic rings. The van der Waals surface area contributed by atoms with Crippen molar-refractivity contribution in [2.24, 2.45) is 5.14 Å². The monoisotopic (exact) mass is 206 g/mol. The molecule has 1 rings (SSSR count). The van der Waals surface area contributed by atoms with Gasteiger partial charge < -0.3 is 0 Å². The van der Waals surface area contributed by atoms with Crippen molar-refractivity contribution in [2.75, 3.05) is 13.3 Å². The fourth-order valence-corrected chi connectivity index (χ4v) is 3.47. The third kappa shape index (κ3) is 0.932. The first-order chi connectivity index (χ1) is 5.23. The number of thiocarbonyl (C=S) groups is 1. The molecule has 0 aromatic heterocycles. The SMILES string of the molecule is CN1C(=O)C(C)(C)S(C)(N)C1=S. The van der Waals surface area contributed by atoms with Gasteiger partial charge in [0.05, 0.1) is 4.75 Å². The van der Waals surface area contributed by atoms with Gasteiger partial charge in [-0.1, -0.05) is 12.2 Å². The lowest BCUT2D eigenvalue weighted by Gasteiger charge is -2.35. The largest absolute Gasteiger partial charge is 0.300 e. The number of rotatable bonds is 0. The van der Waals surface area contributed by atoms with Gasteiger partial charge in [-0.15, -0.1) is 10.2 Å². The van der Waals surface area contributed by atoms with Crippen LogP contribution in [0.2, 0.25) is 0 Å². The van der Waals surface area contributed by atoms with E-state index in [0.717, 1.165) is 0 Å². The van der Waals surface area contributed by atoms with E-state index in [9.17, 15) is 4.79 Å². The molecule has 1 atom stereocenters. The van der Waals surface area contributed by atoms with Gasteiger partial charge in [0, 0.05) is 7.05 Å². The van der Waals surface area contributed by atoms with Crippen LogP contribution in [-0.4, -0.2) is 33.2 Å². The first-order valence-electron chi connectivity index (χ1n) is 3.60. The third-order valence-electron chi connectivity index (χ3n) is 2.52. The van der Waals surface area contributed by atoms with E-state index in [1.54, 1.807) is 7.05 Å². The summed E-state index contributed by atoms with van der Waals surface area (Å²) in [7, 11) is 0.0982. The molecule has 1 amide bonds. The van der Waals surface area contributed by atoms with Crippen LogP contribution in [0.15, 0.2) is 0 Å². The highest BCUT2D eigenvalue weighted by Crippen LogP contribution is 2.56. The molecule has 1 heterocycles. The van der Waals surface area contributed by atoms with Crippen molar-refractivity contribution < 1.29 is 4.79 Å². The summed E-state index contributed by atoms with van der Waals surface area (Å²) in [5, 5.41) is 6.06. The smallest absolute Gasteiger partial charge is 0.243 e. The highest BCUT2D eigenvalue weighted by Gasteiger charge is 2.52. The Balaban J connectivity index is 3.24.